The van der Waals surface area contributed by atoms with Gasteiger partial charge in [0.05, 0.1) is 35.4 Å². The van der Waals surface area contributed by atoms with Crippen molar-refractivity contribution in [2.75, 3.05) is 81.1 Å². The molecule has 1 aromatic carbocycles. The number of pyridine rings is 1. The van der Waals surface area contributed by atoms with E-state index in [0.29, 0.717) is 36.9 Å². The lowest BCUT2D eigenvalue weighted by Gasteiger charge is -2.44. The molecule has 0 amide bonds. The number of benzene rings is 1. The highest BCUT2D eigenvalue weighted by atomic mass is 32.2. The first-order valence-electron chi connectivity index (χ1n) is 14.5. The number of nitrogens with zero attached hydrogens (tertiary/aromatic N) is 5. The first kappa shape index (κ1) is 30.6. The van der Waals surface area contributed by atoms with Crippen LogP contribution >= 0.6 is 0 Å². The maximum Gasteiger partial charge on any atom is 0.417 e. The summed E-state index contributed by atoms with van der Waals surface area (Å²) in [6.07, 6.45) is -0.167. The van der Waals surface area contributed by atoms with E-state index >= 15 is 0 Å². The Labute approximate surface area is 245 Å². The number of esters is 1. The Hall–Kier alpha value is -2.90. The van der Waals surface area contributed by atoms with Gasteiger partial charge in [0.1, 0.15) is 0 Å². The van der Waals surface area contributed by atoms with Crippen LogP contribution in [0.2, 0.25) is 0 Å². The lowest BCUT2D eigenvalue weighted by atomic mass is 9.92. The molecule has 0 atom stereocenters. The molecule has 4 heterocycles. The molecule has 3 aliphatic rings. The molecule has 1 aromatic heterocycles. The van der Waals surface area contributed by atoms with Gasteiger partial charge in [-0.1, -0.05) is 0 Å². The molecule has 0 aliphatic carbocycles. The van der Waals surface area contributed by atoms with Gasteiger partial charge in [0.15, 0.2) is 0 Å². The summed E-state index contributed by atoms with van der Waals surface area (Å²) in [5.41, 5.74) is 1.20. The Balaban J connectivity index is 1.01. The molecule has 0 saturated carbocycles. The first-order valence-corrected chi connectivity index (χ1v) is 16.1. The summed E-state index contributed by atoms with van der Waals surface area (Å²) in [7, 11) is -3.44. The number of rotatable bonds is 9. The molecule has 2 aromatic rings. The Bertz CT molecular complexity index is 1320. The first-order chi connectivity index (χ1) is 20.0. The molecule has 0 radical (unpaired) electrons. The molecule has 42 heavy (non-hydrogen) atoms. The van der Waals surface area contributed by atoms with E-state index in [1.807, 2.05) is 12.1 Å². The van der Waals surface area contributed by atoms with Crippen molar-refractivity contribution in [3.05, 3.63) is 53.9 Å². The van der Waals surface area contributed by atoms with Gasteiger partial charge in [-0.15, -0.1) is 0 Å². The van der Waals surface area contributed by atoms with E-state index in [9.17, 15) is 26.4 Å². The number of anilines is 2. The van der Waals surface area contributed by atoms with Crippen molar-refractivity contribution >= 4 is 27.4 Å². The quantitative estimate of drug-likeness (QED) is 0.399. The number of likely N-dealkylation sites (tertiary alicyclic amines) is 1. The van der Waals surface area contributed by atoms with Crippen molar-refractivity contribution in [3.63, 3.8) is 0 Å². The second kappa shape index (κ2) is 12.8. The zero-order chi connectivity index (χ0) is 29.9. The highest BCUT2D eigenvalue weighted by Gasteiger charge is 2.37. The van der Waals surface area contributed by atoms with Crippen LogP contribution in [0.5, 0.6) is 0 Å². The third kappa shape index (κ3) is 7.35. The van der Waals surface area contributed by atoms with Crippen molar-refractivity contribution in [2.24, 2.45) is 11.8 Å². The molecule has 0 spiro atoms. The molecule has 3 saturated heterocycles. The SMILES string of the molecule is CCOC(=O)c1ccc(N2CCC(CN3CC(CS(=O)(=O)N4CCN(c5cncc(C(F)(F)F)c5)CC4)C3)CC2)cc1. The van der Waals surface area contributed by atoms with Crippen LogP contribution in [0.4, 0.5) is 24.5 Å². The van der Waals surface area contributed by atoms with Crippen molar-refractivity contribution in [2.45, 2.75) is 25.9 Å². The summed E-state index contributed by atoms with van der Waals surface area (Å²) in [6.45, 7) is 7.68. The molecule has 3 fully saturated rings. The maximum atomic E-state index is 13.1. The fourth-order valence-electron chi connectivity index (χ4n) is 6.08. The van der Waals surface area contributed by atoms with Crippen molar-refractivity contribution < 1.29 is 31.1 Å². The van der Waals surface area contributed by atoms with Gasteiger partial charge in [0.25, 0.3) is 0 Å². The minimum Gasteiger partial charge on any atom is -0.462 e. The average molecular weight is 610 g/mol. The summed E-state index contributed by atoms with van der Waals surface area (Å²) >= 11 is 0. The van der Waals surface area contributed by atoms with Gasteiger partial charge in [-0.05, 0) is 61.9 Å². The number of hydrogen-bond donors (Lipinski definition) is 0. The van der Waals surface area contributed by atoms with Gasteiger partial charge < -0.3 is 19.4 Å². The predicted octanol–water partition coefficient (Wildman–Crippen LogP) is 3.58. The van der Waals surface area contributed by atoms with E-state index in [0.717, 1.165) is 63.5 Å². The molecule has 0 unspecified atom stereocenters. The van der Waals surface area contributed by atoms with Gasteiger partial charge in [0, 0.05) is 70.8 Å². The lowest BCUT2D eigenvalue weighted by molar-refractivity contribution is -0.137. The van der Waals surface area contributed by atoms with Gasteiger partial charge in [0.2, 0.25) is 10.0 Å². The van der Waals surface area contributed by atoms with Crippen LogP contribution in [0.25, 0.3) is 0 Å². The Morgan fingerprint density at radius 2 is 1.57 bits per heavy atom. The van der Waals surface area contributed by atoms with E-state index in [4.69, 9.17) is 4.74 Å². The largest absolute Gasteiger partial charge is 0.462 e. The number of carbonyl (C=O) groups excluding carboxylic acids is 1. The van der Waals surface area contributed by atoms with Gasteiger partial charge in [-0.2, -0.15) is 17.5 Å². The highest BCUT2D eigenvalue weighted by molar-refractivity contribution is 7.89. The molecule has 5 rings (SSSR count). The lowest BCUT2D eigenvalue weighted by Crippen LogP contribution is -2.55. The normalized spacial score (nSPS) is 20.0. The number of carbonyl (C=O) groups is 1. The molecule has 0 N–H and O–H groups in total. The van der Waals surface area contributed by atoms with Crippen LogP contribution in [0.3, 0.4) is 0 Å². The maximum absolute atomic E-state index is 13.1. The van der Waals surface area contributed by atoms with E-state index < -0.39 is 21.8 Å². The van der Waals surface area contributed by atoms with Crippen molar-refractivity contribution in [1.82, 2.24) is 14.2 Å². The summed E-state index contributed by atoms with van der Waals surface area (Å²) < 4.78 is 71.8. The second-order valence-corrected chi connectivity index (χ2v) is 13.4. The van der Waals surface area contributed by atoms with Gasteiger partial charge >= 0.3 is 12.1 Å². The standard InChI is InChI=1S/C29H38F3N5O4S/c1-2-41-28(38)24-3-5-26(6-4-24)35-9-7-22(8-10-35)18-34-19-23(20-34)21-42(39,40)37-13-11-36(12-14-37)27-15-25(16-33-17-27)29(30,31)32/h3-6,15-17,22-23H,2,7-14,18-21H2,1H3. The number of alkyl halides is 3. The fourth-order valence-corrected chi connectivity index (χ4v) is 7.81. The molecule has 13 heteroatoms. The zero-order valence-electron chi connectivity index (χ0n) is 23.8. The third-order valence-electron chi connectivity index (χ3n) is 8.40. The molecule has 0 bridgehead atoms. The number of sulfonamides is 1. The zero-order valence-corrected chi connectivity index (χ0v) is 24.6. The summed E-state index contributed by atoms with van der Waals surface area (Å²) in [5.74, 6) is 0.460. The molecule has 230 valence electrons. The van der Waals surface area contributed by atoms with Crippen LogP contribution in [0.1, 0.15) is 35.7 Å². The van der Waals surface area contributed by atoms with E-state index in [1.54, 1.807) is 24.0 Å². The second-order valence-electron chi connectivity index (χ2n) is 11.4. The minimum absolute atomic E-state index is 0.0960. The number of hydrogen-bond acceptors (Lipinski definition) is 8. The molecule has 9 nitrogen and oxygen atoms in total. The minimum atomic E-state index is -4.47. The topological polar surface area (TPSA) is 86.3 Å². The van der Waals surface area contributed by atoms with Crippen LogP contribution in [0, 0.1) is 11.8 Å². The summed E-state index contributed by atoms with van der Waals surface area (Å²) in [6, 6.07) is 8.61. The van der Waals surface area contributed by atoms with E-state index in [2.05, 4.69) is 14.8 Å². The number of ether oxygens (including phenoxy) is 1. The summed E-state index contributed by atoms with van der Waals surface area (Å²) in [5, 5.41) is 0. The predicted molar refractivity (Wildman–Crippen MR) is 154 cm³/mol. The van der Waals surface area contributed by atoms with E-state index in [1.165, 1.54) is 10.5 Å². The monoisotopic (exact) mass is 609 g/mol. The Kier molecular flexibility index (Phi) is 9.28. The van der Waals surface area contributed by atoms with Crippen molar-refractivity contribution in [1.29, 1.82) is 0 Å². The van der Waals surface area contributed by atoms with Crippen LogP contribution in [-0.2, 0) is 20.9 Å². The van der Waals surface area contributed by atoms with Gasteiger partial charge in [-0.3, -0.25) is 4.98 Å². The Morgan fingerprint density at radius 1 is 0.929 bits per heavy atom. The average Bonchev–Trinajstić information content (AvgIpc) is 2.96. The Morgan fingerprint density at radius 3 is 2.19 bits per heavy atom. The smallest absolute Gasteiger partial charge is 0.417 e. The van der Waals surface area contributed by atoms with Gasteiger partial charge in [-0.25, -0.2) is 13.2 Å². The van der Waals surface area contributed by atoms with Crippen LogP contribution in [0.15, 0.2) is 42.7 Å². The molecule has 3 aliphatic heterocycles. The highest BCUT2D eigenvalue weighted by Crippen LogP contribution is 2.32. The van der Waals surface area contributed by atoms with Crippen molar-refractivity contribution in [3.8, 4) is 0 Å². The van der Waals surface area contributed by atoms with Crippen LogP contribution < -0.4 is 9.80 Å². The fraction of sp³-hybridized carbons (Fsp3) is 0.586. The third-order valence-corrected chi connectivity index (χ3v) is 10.4. The molecular formula is C29H38F3N5O4S. The van der Waals surface area contributed by atoms with E-state index in [-0.39, 0.29) is 30.7 Å². The molecular weight excluding hydrogens is 571 g/mol. The number of piperidine rings is 1. The van der Waals surface area contributed by atoms with Crippen LogP contribution in [-0.4, -0.2) is 99.8 Å². The summed E-state index contributed by atoms with van der Waals surface area (Å²) in [4.78, 5) is 22.0. The number of halogens is 3. The number of piperazine rings is 1. The number of aromatic nitrogens is 1.